The van der Waals surface area contributed by atoms with Crippen molar-refractivity contribution in [3.63, 3.8) is 0 Å². The quantitative estimate of drug-likeness (QED) is 0.609. The number of hydrogen-bond acceptors (Lipinski definition) is 3. The molecule has 1 N–H and O–H groups in total. The number of nitrogens with one attached hydrogen (secondary N) is 1. The third-order valence-corrected chi connectivity index (χ3v) is 1.34. The van der Waals surface area contributed by atoms with Crippen LogP contribution in [0.5, 0.6) is 0 Å². The molecule has 0 aliphatic carbocycles. The number of carbonyl (C=O) groups is 1. The lowest BCUT2D eigenvalue weighted by Gasteiger charge is -2.00. The number of nitrogens with zero attached hydrogens (tertiary/aromatic N) is 1. The van der Waals surface area contributed by atoms with Crippen molar-refractivity contribution in [2.24, 2.45) is 4.99 Å². The molecule has 1 unspecified atom stereocenters. The summed E-state index contributed by atoms with van der Waals surface area (Å²) in [4.78, 5) is 14.6. The van der Waals surface area contributed by atoms with Gasteiger partial charge >= 0.3 is 0 Å². The fourth-order valence-electron chi connectivity index (χ4n) is 0.834. The summed E-state index contributed by atoms with van der Waals surface area (Å²) in [6.45, 7) is 4.49. The van der Waals surface area contributed by atoms with Gasteiger partial charge in [-0.3, -0.25) is 4.79 Å². The Balaban J connectivity index is 2.27. The Kier molecular flexibility index (Phi) is 2.46. The van der Waals surface area contributed by atoms with Crippen LogP contribution < -0.4 is 5.32 Å². The smallest absolute Gasteiger partial charge is 0.217 e. The monoisotopic (exact) mass is 156 g/mol. The first-order valence-electron chi connectivity index (χ1n) is 3.62. The zero-order valence-corrected chi connectivity index (χ0v) is 6.76. The predicted octanol–water partition coefficient (Wildman–Crippen LogP) is -0.0603. The summed E-state index contributed by atoms with van der Waals surface area (Å²) in [6.07, 6.45) is 0. The molecule has 4 heteroatoms. The van der Waals surface area contributed by atoms with Gasteiger partial charge in [-0.15, -0.1) is 0 Å². The maximum Gasteiger partial charge on any atom is 0.217 e. The Morgan fingerprint density at radius 3 is 3.09 bits per heavy atom. The predicted molar refractivity (Wildman–Crippen MR) is 41.5 cm³/mol. The van der Waals surface area contributed by atoms with Crippen molar-refractivity contribution >= 4 is 11.8 Å². The van der Waals surface area contributed by atoms with Crippen LogP contribution >= 0.6 is 0 Å². The highest BCUT2D eigenvalue weighted by molar-refractivity contribution is 5.84. The van der Waals surface area contributed by atoms with E-state index in [0.717, 1.165) is 0 Å². The van der Waals surface area contributed by atoms with Gasteiger partial charge in [0.2, 0.25) is 11.8 Å². The molecule has 0 radical (unpaired) electrons. The lowest BCUT2D eigenvalue weighted by Crippen LogP contribution is -2.27. The second-order valence-electron chi connectivity index (χ2n) is 2.59. The summed E-state index contributed by atoms with van der Waals surface area (Å²) in [5.74, 6) is 0.573. The van der Waals surface area contributed by atoms with E-state index >= 15 is 0 Å². The summed E-state index contributed by atoms with van der Waals surface area (Å²) >= 11 is 0. The Morgan fingerprint density at radius 2 is 2.64 bits per heavy atom. The summed E-state index contributed by atoms with van der Waals surface area (Å²) in [5, 5.41) is 2.61. The molecule has 0 saturated heterocycles. The molecule has 0 saturated carbocycles. The molecule has 62 valence electrons. The first kappa shape index (κ1) is 8.04. The zero-order valence-electron chi connectivity index (χ0n) is 6.76. The van der Waals surface area contributed by atoms with Crippen LogP contribution in [0.1, 0.15) is 13.8 Å². The summed E-state index contributed by atoms with van der Waals surface area (Å²) in [7, 11) is 0. The molecule has 1 atom stereocenters. The maximum absolute atomic E-state index is 10.5. The molecular weight excluding hydrogens is 144 g/mol. The van der Waals surface area contributed by atoms with E-state index in [1.165, 1.54) is 6.92 Å². The van der Waals surface area contributed by atoms with E-state index in [-0.39, 0.29) is 11.9 Å². The van der Waals surface area contributed by atoms with Crippen LogP contribution in [0, 0.1) is 0 Å². The highest BCUT2D eigenvalue weighted by Gasteiger charge is 2.13. The van der Waals surface area contributed by atoms with E-state index in [2.05, 4.69) is 10.3 Å². The minimum Gasteiger partial charge on any atom is -0.477 e. The van der Waals surface area contributed by atoms with Crippen molar-refractivity contribution < 1.29 is 9.53 Å². The minimum absolute atomic E-state index is 0.0594. The van der Waals surface area contributed by atoms with Gasteiger partial charge in [0.05, 0.1) is 12.6 Å². The second kappa shape index (κ2) is 3.37. The third kappa shape index (κ3) is 2.57. The van der Waals surface area contributed by atoms with E-state index in [9.17, 15) is 4.79 Å². The van der Waals surface area contributed by atoms with E-state index in [1.807, 2.05) is 6.92 Å². The Hall–Kier alpha value is -1.06. The molecule has 0 spiro atoms. The molecule has 0 aromatic heterocycles. The number of ether oxygens (including phenoxy) is 1. The van der Waals surface area contributed by atoms with Crippen LogP contribution in [-0.2, 0) is 9.53 Å². The van der Waals surface area contributed by atoms with Crippen molar-refractivity contribution in [2.75, 3.05) is 13.2 Å². The van der Waals surface area contributed by atoms with Crippen LogP contribution in [0.25, 0.3) is 0 Å². The Morgan fingerprint density at radius 1 is 1.91 bits per heavy atom. The van der Waals surface area contributed by atoms with Crippen molar-refractivity contribution in [2.45, 2.75) is 19.9 Å². The molecule has 0 aromatic carbocycles. The largest absolute Gasteiger partial charge is 0.477 e. The standard InChI is InChI=1S/C7H12N2O2/c1-5-4-11-7(9-5)3-8-6(2)10/h5H,3-4H2,1-2H3,(H,8,10). The van der Waals surface area contributed by atoms with Gasteiger partial charge in [-0.2, -0.15) is 0 Å². The molecule has 11 heavy (non-hydrogen) atoms. The molecule has 0 bridgehead atoms. The molecule has 0 fully saturated rings. The van der Waals surface area contributed by atoms with Crippen molar-refractivity contribution in [3.8, 4) is 0 Å². The van der Waals surface area contributed by atoms with Gasteiger partial charge in [0, 0.05) is 6.92 Å². The van der Waals surface area contributed by atoms with Crippen LogP contribution in [-0.4, -0.2) is 31.0 Å². The molecule has 0 aromatic rings. The summed E-state index contributed by atoms with van der Waals surface area (Å²) in [5.41, 5.74) is 0. The number of aliphatic imine (C=N–C) groups is 1. The van der Waals surface area contributed by atoms with E-state index in [1.54, 1.807) is 0 Å². The van der Waals surface area contributed by atoms with Crippen molar-refractivity contribution in [3.05, 3.63) is 0 Å². The maximum atomic E-state index is 10.5. The van der Waals surface area contributed by atoms with Gasteiger partial charge in [0.1, 0.15) is 6.61 Å². The summed E-state index contributed by atoms with van der Waals surface area (Å²) < 4.78 is 5.15. The van der Waals surface area contributed by atoms with Gasteiger partial charge in [0.15, 0.2) is 0 Å². The van der Waals surface area contributed by atoms with Gasteiger partial charge < -0.3 is 10.1 Å². The van der Waals surface area contributed by atoms with Gasteiger partial charge in [0.25, 0.3) is 0 Å². The summed E-state index contributed by atoms with van der Waals surface area (Å²) in [6, 6.07) is 0.235. The Labute approximate surface area is 65.6 Å². The third-order valence-electron chi connectivity index (χ3n) is 1.34. The molecule has 1 aliphatic heterocycles. The Bertz CT molecular complexity index is 189. The van der Waals surface area contributed by atoms with Crippen molar-refractivity contribution in [1.82, 2.24) is 5.32 Å². The highest BCUT2D eigenvalue weighted by atomic mass is 16.5. The number of rotatable bonds is 2. The SMILES string of the molecule is CC(=O)NCC1=NC(C)CO1. The molecule has 4 nitrogen and oxygen atoms in total. The first-order chi connectivity index (χ1) is 5.18. The first-order valence-corrected chi connectivity index (χ1v) is 3.62. The average molecular weight is 156 g/mol. The van der Waals surface area contributed by atoms with Crippen LogP contribution in [0.2, 0.25) is 0 Å². The fraction of sp³-hybridized carbons (Fsp3) is 0.714. The van der Waals surface area contributed by atoms with Gasteiger partial charge in [-0.25, -0.2) is 4.99 Å². The van der Waals surface area contributed by atoms with E-state index in [0.29, 0.717) is 19.0 Å². The number of amides is 1. The fourth-order valence-corrected chi connectivity index (χ4v) is 0.834. The lowest BCUT2D eigenvalue weighted by atomic mass is 10.4. The molecule has 1 rings (SSSR count). The van der Waals surface area contributed by atoms with Crippen LogP contribution in [0.4, 0.5) is 0 Å². The second-order valence-corrected chi connectivity index (χ2v) is 2.59. The molecule has 1 heterocycles. The van der Waals surface area contributed by atoms with Gasteiger partial charge in [-0.05, 0) is 6.92 Å². The molecular formula is C7H12N2O2. The van der Waals surface area contributed by atoms with Crippen LogP contribution in [0.3, 0.4) is 0 Å². The molecule has 1 amide bonds. The van der Waals surface area contributed by atoms with E-state index < -0.39 is 0 Å². The topological polar surface area (TPSA) is 50.7 Å². The zero-order chi connectivity index (χ0) is 8.27. The minimum atomic E-state index is -0.0594. The normalized spacial score (nSPS) is 22.4. The van der Waals surface area contributed by atoms with Gasteiger partial charge in [-0.1, -0.05) is 0 Å². The number of carbonyl (C=O) groups excluding carboxylic acids is 1. The highest BCUT2D eigenvalue weighted by Crippen LogP contribution is 2.01. The van der Waals surface area contributed by atoms with Crippen LogP contribution in [0.15, 0.2) is 4.99 Å². The lowest BCUT2D eigenvalue weighted by molar-refractivity contribution is -0.118. The molecule has 1 aliphatic rings. The van der Waals surface area contributed by atoms with Crippen molar-refractivity contribution in [1.29, 1.82) is 0 Å². The number of hydrogen-bond donors (Lipinski definition) is 1. The van der Waals surface area contributed by atoms with E-state index in [4.69, 9.17) is 4.74 Å². The average Bonchev–Trinajstić information content (AvgIpc) is 2.31.